The number of hydrogen-bond acceptors (Lipinski definition) is 2. The van der Waals surface area contributed by atoms with E-state index in [1.807, 2.05) is 0 Å². The summed E-state index contributed by atoms with van der Waals surface area (Å²) in [6, 6.07) is 3.53. The van der Waals surface area contributed by atoms with Crippen molar-refractivity contribution in [3.05, 3.63) is 34.6 Å². The lowest BCUT2D eigenvalue weighted by atomic mass is 10.1. The number of aliphatic hydroxyl groups is 1. The zero-order chi connectivity index (χ0) is 13.0. The van der Waals surface area contributed by atoms with Crippen LogP contribution >= 0.6 is 11.6 Å². The van der Waals surface area contributed by atoms with E-state index in [0.29, 0.717) is 5.56 Å². The van der Waals surface area contributed by atoms with Gasteiger partial charge in [-0.05, 0) is 17.7 Å². The molecule has 0 aromatic heterocycles. The Balaban J connectivity index is 2.86. The van der Waals surface area contributed by atoms with Crippen LogP contribution in [-0.2, 0) is 4.79 Å². The molecular weight excluding hydrogens is 245 g/mol. The van der Waals surface area contributed by atoms with Crippen LogP contribution in [0.1, 0.15) is 25.5 Å². The predicted molar refractivity (Wildman–Crippen MR) is 64.2 cm³/mol. The first-order valence-electron chi connectivity index (χ1n) is 5.32. The van der Waals surface area contributed by atoms with Crippen molar-refractivity contribution >= 4 is 17.5 Å². The summed E-state index contributed by atoms with van der Waals surface area (Å²) < 4.78 is 13.0. The van der Waals surface area contributed by atoms with Gasteiger partial charge in [0.1, 0.15) is 5.82 Å². The first-order chi connectivity index (χ1) is 7.95. The van der Waals surface area contributed by atoms with Crippen LogP contribution in [0.15, 0.2) is 18.2 Å². The first-order valence-corrected chi connectivity index (χ1v) is 5.69. The normalized spacial score (nSPS) is 12.6. The largest absolute Gasteiger partial charge is 0.394 e. The lowest BCUT2D eigenvalue weighted by molar-refractivity contribution is -0.125. The molecule has 0 bridgehead atoms. The molecule has 17 heavy (non-hydrogen) atoms. The molecule has 0 saturated carbocycles. The standard InChI is InChI=1S/C12H15ClFNO2/c1-7(2)12(17)15-11(6-16)8-3-4-10(14)9(13)5-8/h3-5,7,11,16H,6H2,1-2H3,(H,15,17). The van der Waals surface area contributed by atoms with Gasteiger partial charge in [0.2, 0.25) is 5.91 Å². The molecule has 1 aromatic rings. The smallest absolute Gasteiger partial charge is 0.223 e. The molecule has 0 fully saturated rings. The Morgan fingerprint density at radius 2 is 2.18 bits per heavy atom. The summed E-state index contributed by atoms with van der Waals surface area (Å²) in [5, 5.41) is 11.8. The molecule has 0 aliphatic heterocycles. The highest BCUT2D eigenvalue weighted by molar-refractivity contribution is 6.30. The number of benzene rings is 1. The maximum atomic E-state index is 13.0. The number of hydrogen-bond donors (Lipinski definition) is 2. The van der Waals surface area contributed by atoms with Gasteiger partial charge in [-0.25, -0.2) is 4.39 Å². The first kappa shape index (κ1) is 13.9. The number of carbonyl (C=O) groups is 1. The molecule has 1 amide bonds. The topological polar surface area (TPSA) is 49.3 Å². The van der Waals surface area contributed by atoms with E-state index in [-0.39, 0.29) is 23.5 Å². The van der Waals surface area contributed by atoms with Crippen LogP contribution in [0.5, 0.6) is 0 Å². The third-order valence-corrected chi connectivity index (χ3v) is 2.66. The Labute approximate surface area is 105 Å². The number of rotatable bonds is 4. The van der Waals surface area contributed by atoms with Crippen molar-refractivity contribution in [2.45, 2.75) is 19.9 Å². The van der Waals surface area contributed by atoms with E-state index in [2.05, 4.69) is 5.32 Å². The number of halogens is 2. The highest BCUT2D eigenvalue weighted by Gasteiger charge is 2.16. The highest BCUT2D eigenvalue weighted by atomic mass is 35.5. The van der Waals surface area contributed by atoms with Crippen LogP contribution in [0.3, 0.4) is 0 Å². The van der Waals surface area contributed by atoms with E-state index in [9.17, 15) is 14.3 Å². The molecule has 3 nitrogen and oxygen atoms in total. The molecule has 0 aliphatic rings. The van der Waals surface area contributed by atoms with Gasteiger partial charge in [0.25, 0.3) is 0 Å². The summed E-state index contributed by atoms with van der Waals surface area (Å²) in [6.45, 7) is 3.24. The van der Waals surface area contributed by atoms with Gasteiger partial charge in [0.05, 0.1) is 17.7 Å². The fourth-order valence-electron chi connectivity index (χ4n) is 1.30. The minimum Gasteiger partial charge on any atom is -0.394 e. The summed E-state index contributed by atoms with van der Waals surface area (Å²) in [6.07, 6.45) is 0. The molecule has 2 N–H and O–H groups in total. The van der Waals surface area contributed by atoms with E-state index >= 15 is 0 Å². The van der Waals surface area contributed by atoms with Crippen molar-refractivity contribution in [2.24, 2.45) is 5.92 Å². The highest BCUT2D eigenvalue weighted by Crippen LogP contribution is 2.21. The Bertz CT molecular complexity index is 409. The quantitative estimate of drug-likeness (QED) is 0.872. The van der Waals surface area contributed by atoms with Crippen LogP contribution in [0.2, 0.25) is 5.02 Å². The van der Waals surface area contributed by atoms with Gasteiger partial charge in [-0.2, -0.15) is 0 Å². The van der Waals surface area contributed by atoms with Crippen molar-refractivity contribution in [3.8, 4) is 0 Å². The van der Waals surface area contributed by atoms with Crippen molar-refractivity contribution in [1.29, 1.82) is 0 Å². The lowest BCUT2D eigenvalue weighted by Gasteiger charge is -2.18. The summed E-state index contributed by atoms with van der Waals surface area (Å²) in [7, 11) is 0. The molecule has 1 aromatic carbocycles. The average Bonchev–Trinajstić information content (AvgIpc) is 2.29. The molecule has 0 radical (unpaired) electrons. The van der Waals surface area contributed by atoms with Crippen molar-refractivity contribution in [1.82, 2.24) is 5.32 Å². The number of nitrogens with one attached hydrogen (secondary N) is 1. The molecular formula is C12H15ClFNO2. The Morgan fingerprint density at radius 3 is 2.65 bits per heavy atom. The van der Waals surface area contributed by atoms with E-state index in [0.717, 1.165) is 0 Å². The molecule has 0 spiro atoms. The zero-order valence-corrected chi connectivity index (χ0v) is 10.5. The number of amides is 1. The van der Waals surface area contributed by atoms with E-state index < -0.39 is 11.9 Å². The summed E-state index contributed by atoms with van der Waals surface area (Å²) in [4.78, 5) is 11.5. The molecule has 1 rings (SSSR count). The van der Waals surface area contributed by atoms with Gasteiger partial charge in [-0.1, -0.05) is 31.5 Å². The van der Waals surface area contributed by atoms with Gasteiger partial charge in [0, 0.05) is 5.92 Å². The van der Waals surface area contributed by atoms with Gasteiger partial charge >= 0.3 is 0 Å². The Kier molecular flexibility index (Phi) is 4.90. The second-order valence-corrected chi connectivity index (χ2v) is 4.48. The summed E-state index contributed by atoms with van der Waals surface area (Å²) in [5.41, 5.74) is 0.577. The average molecular weight is 260 g/mol. The molecule has 0 saturated heterocycles. The van der Waals surface area contributed by atoms with Gasteiger partial charge in [-0.3, -0.25) is 4.79 Å². The summed E-state index contributed by atoms with van der Waals surface area (Å²) in [5.74, 6) is -0.883. The number of aliphatic hydroxyl groups excluding tert-OH is 1. The molecule has 1 unspecified atom stereocenters. The molecule has 0 heterocycles. The second-order valence-electron chi connectivity index (χ2n) is 4.07. The third-order valence-electron chi connectivity index (χ3n) is 2.37. The fourth-order valence-corrected chi connectivity index (χ4v) is 1.49. The molecule has 0 aliphatic carbocycles. The zero-order valence-electron chi connectivity index (χ0n) is 9.71. The molecule has 5 heteroatoms. The Morgan fingerprint density at radius 1 is 1.53 bits per heavy atom. The minimum absolute atomic E-state index is 0.0280. The second kappa shape index (κ2) is 5.98. The monoisotopic (exact) mass is 259 g/mol. The maximum Gasteiger partial charge on any atom is 0.223 e. The van der Waals surface area contributed by atoms with Crippen LogP contribution in [-0.4, -0.2) is 17.6 Å². The molecule has 1 atom stereocenters. The van der Waals surface area contributed by atoms with Crippen LogP contribution in [0.25, 0.3) is 0 Å². The molecule has 94 valence electrons. The van der Waals surface area contributed by atoms with E-state index in [1.165, 1.54) is 18.2 Å². The van der Waals surface area contributed by atoms with Crippen LogP contribution in [0, 0.1) is 11.7 Å². The fraction of sp³-hybridized carbons (Fsp3) is 0.417. The minimum atomic E-state index is -0.567. The van der Waals surface area contributed by atoms with Crippen molar-refractivity contribution in [2.75, 3.05) is 6.61 Å². The van der Waals surface area contributed by atoms with Crippen molar-refractivity contribution < 1.29 is 14.3 Å². The van der Waals surface area contributed by atoms with Gasteiger partial charge < -0.3 is 10.4 Å². The van der Waals surface area contributed by atoms with Crippen LogP contribution < -0.4 is 5.32 Å². The third kappa shape index (κ3) is 3.68. The van der Waals surface area contributed by atoms with E-state index in [4.69, 9.17) is 11.6 Å². The Hall–Kier alpha value is -1.13. The van der Waals surface area contributed by atoms with Gasteiger partial charge in [-0.15, -0.1) is 0 Å². The maximum absolute atomic E-state index is 13.0. The number of carbonyl (C=O) groups excluding carboxylic acids is 1. The lowest BCUT2D eigenvalue weighted by Crippen LogP contribution is -2.33. The SMILES string of the molecule is CC(C)C(=O)NC(CO)c1ccc(F)c(Cl)c1. The predicted octanol–water partition coefficient (Wildman–Crippen LogP) is 2.28. The van der Waals surface area contributed by atoms with Crippen molar-refractivity contribution in [3.63, 3.8) is 0 Å². The van der Waals surface area contributed by atoms with Crippen LogP contribution in [0.4, 0.5) is 4.39 Å². The summed E-state index contributed by atoms with van der Waals surface area (Å²) >= 11 is 5.64. The van der Waals surface area contributed by atoms with Gasteiger partial charge in [0.15, 0.2) is 0 Å². The van der Waals surface area contributed by atoms with E-state index in [1.54, 1.807) is 13.8 Å².